The topological polar surface area (TPSA) is 46.1 Å². The number of carbonyl (C=O) groups excluding carboxylic acids is 1. The van der Waals surface area contributed by atoms with Gasteiger partial charge in [-0.15, -0.1) is 0 Å². The van der Waals surface area contributed by atoms with Gasteiger partial charge in [0.2, 0.25) is 0 Å². The molecule has 5 heteroatoms. The Bertz CT molecular complexity index is 408. The second-order valence-electron chi connectivity index (χ2n) is 4.68. The Morgan fingerprint density at radius 2 is 2.39 bits per heavy atom. The largest absolute Gasteiger partial charge is 0.348 e. The molecule has 1 aromatic rings. The van der Waals surface area contributed by atoms with E-state index in [0.717, 1.165) is 49.1 Å². The highest BCUT2D eigenvalue weighted by Crippen LogP contribution is 2.15. The third kappa shape index (κ3) is 3.36. The van der Waals surface area contributed by atoms with Gasteiger partial charge in [0.15, 0.2) is 0 Å². The quantitative estimate of drug-likeness (QED) is 0.898. The number of hydrogen-bond acceptors (Lipinski definition) is 2. The van der Waals surface area contributed by atoms with Crippen LogP contribution in [0.1, 0.15) is 36.7 Å². The fourth-order valence-electron chi connectivity index (χ4n) is 2.35. The number of nitrogens with one attached hydrogen (secondary N) is 2. The highest BCUT2D eigenvalue weighted by molar-refractivity contribution is 9.10. The van der Waals surface area contributed by atoms with E-state index >= 15 is 0 Å². The molecule has 0 aliphatic carbocycles. The minimum absolute atomic E-state index is 0.0365. The highest BCUT2D eigenvalue weighted by Gasteiger charge is 2.18. The van der Waals surface area contributed by atoms with Gasteiger partial charge in [-0.1, -0.05) is 0 Å². The maximum Gasteiger partial charge on any atom is 0.268 e. The van der Waals surface area contributed by atoms with E-state index < -0.39 is 0 Å². The summed E-state index contributed by atoms with van der Waals surface area (Å²) >= 11 is 3.42. The monoisotopic (exact) mass is 313 g/mol. The molecular weight excluding hydrogens is 294 g/mol. The summed E-state index contributed by atoms with van der Waals surface area (Å²) in [5, 5.41) is 6.50. The lowest BCUT2D eigenvalue weighted by Gasteiger charge is -2.16. The maximum absolute atomic E-state index is 12.2. The Morgan fingerprint density at radius 1 is 1.56 bits per heavy atom. The molecule has 1 aliphatic rings. The van der Waals surface area contributed by atoms with Crippen LogP contribution in [0.15, 0.2) is 16.7 Å². The van der Waals surface area contributed by atoms with Crippen LogP contribution in [0, 0.1) is 0 Å². The van der Waals surface area contributed by atoms with Gasteiger partial charge in [-0.2, -0.15) is 0 Å². The second-order valence-corrected chi connectivity index (χ2v) is 5.60. The summed E-state index contributed by atoms with van der Waals surface area (Å²) in [7, 11) is 0. The molecule has 100 valence electrons. The van der Waals surface area contributed by atoms with E-state index in [0.29, 0.717) is 6.04 Å². The Morgan fingerprint density at radius 3 is 3.17 bits per heavy atom. The summed E-state index contributed by atoms with van der Waals surface area (Å²) < 4.78 is 2.92. The molecule has 0 aromatic carbocycles. The van der Waals surface area contributed by atoms with Crippen molar-refractivity contribution in [3.05, 3.63) is 22.4 Å². The summed E-state index contributed by atoms with van der Waals surface area (Å²) in [6, 6.07) is 2.18. The molecule has 1 aromatic heterocycles. The van der Waals surface area contributed by atoms with E-state index in [1.54, 1.807) is 0 Å². The number of rotatable bonds is 3. The average molecular weight is 314 g/mol. The van der Waals surface area contributed by atoms with Crippen LogP contribution in [-0.2, 0) is 6.54 Å². The van der Waals surface area contributed by atoms with Crippen LogP contribution >= 0.6 is 15.9 Å². The number of halogens is 1. The highest BCUT2D eigenvalue weighted by atomic mass is 79.9. The number of aryl methyl sites for hydroxylation is 1. The Balaban J connectivity index is 2.01. The van der Waals surface area contributed by atoms with E-state index in [2.05, 4.69) is 26.6 Å². The molecule has 1 saturated heterocycles. The minimum Gasteiger partial charge on any atom is -0.348 e. The van der Waals surface area contributed by atoms with E-state index in [1.807, 2.05) is 23.8 Å². The lowest BCUT2D eigenvalue weighted by Crippen LogP contribution is -2.36. The van der Waals surface area contributed by atoms with Crippen molar-refractivity contribution in [3.63, 3.8) is 0 Å². The standard InChI is InChI=1S/C13H20BrN3O/c1-2-17-9-10(14)8-12(17)13(18)16-11-4-3-6-15-7-5-11/h8-9,11,15H,2-7H2,1H3,(H,16,18). The molecule has 1 unspecified atom stereocenters. The van der Waals surface area contributed by atoms with Crippen LogP contribution in [0.4, 0.5) is 0 Å². The van der Waals surface area contributed by atoms with Crippen molar-refractivity contribution in [2.45, 2.75) is 38.8 Å². The predicted octanol–water partition coefficient (Wildman–Crippen LogP) is 2.14. The fourth-order valence-corrected chi connectivity index (χ4v) is 2.81. The molecule has 4 nitrogen and oxygen atoms in total. The van der Waals surface area contributed by atoms with Crippen molar-refractivity contribution in [1.29, 1.82) is 0 Å². The Kier molecular flexibility index (Phi) is 4.83. The zero-order chi connectivity index (χ0) is 13.0. The van der Waals surface area contributed by atoms with Gasteiger partial charge in [-0.05, 0) is 61.3 Å². The van der Waals surface area contributed by atoms with Crippen LogP contribution in [-0.4, -0.2) is 29.6 Å². The molecule has 1 fully saturated rings. The summed E-state index contributed by atoms with van der Waals surface area (Å²) in [5.74, 6) is 0.0365. The molecular formula is C13H20BrN3O. The lowest BCUT2D eigenvalue weighted by atomic mass is 10.1. The summed E-state index contributed by atoms with van der Waals surface area (Å²) in [6.45, 7) is 4.89. The molecule has 0 bridgehead atoms. The van der Waals surface area contributed by atoms with Gasteiger partial charge in [-0.25, -0.2) is 0 Å². The Hall–Kier alpha value is -0.810. The SMILES string of the molecule is CCn1cc(Br)cc1C(=O)NC1CCCNCC1. The zero-order valence-electron chi connectivity index (χ0n) is 10.7. The molecule has 2 rings (SSSR count). The first-order chi connectivity index (χ1) is 8.70. The summed E-state index contributed by atoms with van der Waals surface area (Å²) in [6.07, 6.45) is 5.15. The van der Waals surface area contributed by atoms with Gasteiger partial charge in [-0.3, -0.25) is 4.79 Å². The summed E-state index contributed by atoms with van der Waals surface area (Å²) in [4.78, 5) is 12.2. The van der Waals surface area contributed by atoms with E-state index in [4.69, 9.17) is 0 Å². The summed E-state index contributed by atoms with van der Waals surface area (Å²) in [5.41, 5.74) is 0.738. The predicted molar refractivity (Wildman–Crippen MR) is 75.8 cm³/mol. The van der Waals surface area contributed by atoms with Gasteiger partial charge in [0.05, 0.1) is 0 Å². The fraction of sp³-hybridized carbons (Fsp3) is 0.615. The third-order valence-electron chi connectivity index (χ3n) is 3.35. The molecule has 1 atom stereocenters. The molecule has 18 heavy (non-hydrogen) atoms. The van der Waals surface area contributed by atoms with Crippen molar-refractivity contribution in [2.75, 3.05) is 13.1 Å². The molecule has 0 radical (unpaired) electrons. The first-order valence-corrected chi connectivity index (χ1v) is 7.37. The van der Waals surface area contributed by atoms with Crippen LogP contribution in [0.3, 0.4) is 0 Å². The first kappa shape index (κ1) is 13.6. The third-order valence-corrected chi connectivity index (χ3v) is 3.78. The van der Waals surface area contributed by atoms with Crippen molar-refractivity contribution in [3.8, 4) is 0 Å². The number of amides is 1. The van der Waals surface area contributed by atoms with Crippen molar-refractivity contribution in [1.82, 2.24) is 15.2 Å². The van der Waals surface area contributed by atoms with Gasteiger partial charge >= 0.3 is 0 Å². The number of hydrogen-bond donors (Lipinski definition) is 2. The Labute approximate surface area is 116 Å². The van der Waals surface area contributed by atoms with E-state index in [1.165, 1.54) is 0 Å². The zero-order valence-corrected chi connectivity index (χ0v) is 12.3. The molecule has 1 aliphatic heterocycles. The van der Waals surface area contributed by atoms with Crippen LogP contribution in [0.5, 0.6) is 0 Å². The van der Waals surface area contributed by atoms with Crippen molar-refractivity contribution >= 4 is 21.8 Å². The van der Waals surface area contributed by atoms with Crippen LogP contribution in [0.25, 0.3) is 0 Å². The van der Waals surface area contributed by atoms with Gasteiger partial charge in [0.1, 0.15) is 5.69 Å². The molecule has 2 heterocycles. The number of nitrogens with zero attached hydrogens (tertiary/aromatic N) is 1. The van der Waals surface area contributed by atoms with Gasteiger partial charge in [0.25, 0.3) is 5.91 Å². The second kappa shape index (κ2) is 6.38. The smallest absolute Gasteiger partial charge is 0.268 e. The van der Waals surface area contributed by atoms with Gasteiger partial charge in [0, 0.05) is 23.3 Å². The lowest BCUT2D eigenvalue weighted by molar-refractivity contribution is 0.0925. The normalized spacial score (nSPS) is 20.4. The molecule has 0 saturated carbocycles. The number of aromatic nitrogens is 1. The minimum atomic E-state index is 0.0365. The van der Waals surface area contributed by atoms with Gasteiger partial charge < -0.3 is 15.2 Å². The first-order valence-electron chi connectivity index (χ1n) is 6.58. The molecule has 2 N–H and O–H groups in total. The van der Waals surface area contributed by atoms with Crippen LogP contribution < -0.4 is 10.6 Å². The van der Waals surface area contributed by atoms with Crippen LogP contribution in [0.2, 0.25) is 0 Å². The van der Waals surface area contributed by atoms with E-state index in [-0.39, 0.29) is 5.91 Å². The maximum atomic E-state index is 12.2. The molecule has 1 amide bonds. The molecule has 0 spiro atoms. The van der Waals surface area contributed by atoms with E-state index in [9.17, 15) is 4.79 Å². The number of carbonyl (C=O) groups is 1. The van der Waals surface area contributed by atoms with Crippen molar-refractivity contribution in [2.24, 2.45) is 0 Å². The average Bonchev–Trinajstić information content (AvgIpc) is 2.57. The van der Waals surface area contributed by atoms with Crippen molar-refractivity contribution < 1.29 is 4.79 Å².